The first-order valence-electron chi connectivity index (χ1n) is 6.03. The Morgan fingerprint density at radius 3 is 2.85 bits per heavy atom. The molecule has 0 heteroatoms. The molecule has 0 amide bonds. The Hall–Kier alpha value is -1.04. The molecule has 0 radical (unpaired) electrons. The lowest BCUT2D eigenvalue weighted by Crippen LogP contribution is -1.80. The van der Waals surface area contributed by atoms with E-state index in [4.69, 9.17) is 2.74 Å². The highest BCUT2D eigenvalue weighted by Crippen LogP contribution is 2.14. The van der Waals surface area contributed by atoms with Gasteiger partial charge in [0.2, 0.25) is 0 Å². The van der Waals surface area contributed by atoms with E-state index < -0.39 is 0 Å². The zero-order chi connectivity index (χ0) is 11.1. The third kappa shape index (κ3) is 3.45. The normalized spacial score (nSPS) is 14.5. The summed E-state index contributed by atoms with van der Waals surface area (Å²) in [5.41, 5.74) is 2.08. The molecule has 0 spiro atoms. The smallest absolute Gasteiger partial charge is 0.0629 e. The van der Waals surface area contributed by atoms with Crippen LogP contribution >= 0.6 is 0 Å². The van der Waals surface area contributed by atoms with Crippen LogP contribution < -0.4 is 0 Å². The third-order valence-corrected chi connectivity index (χ3v) is 1.95. The Morgan fingerprint density at radius 2 is 2.23 bits per heavy atom. The summed E-state index contributed by atoms with van der Waals surface area (Å²) in [5.74, 6) is 0. The Labute approximate surface area is 84.1 Å². The van der Waals surface area contributed by atoms with Gasteiger partial charge in [0.1, 0.15) is 0 Å². The fourth-order valence-electron chi connectivity index (χ4n) is 1.28. The molecule has 0 aliphatic heterocycles. The molecule has 0 saturated carbocycles. The van der Waals surface area contributed by atoms with Gasteiger partial charge in [-0.15, -0.1) is 0 Å². The molecular weight excluding hydrogens is 156 g/mol. The zero-order valence-electron chi connectivity index (χ0n) is 10.2. The van der Waals surface area contributed by atoms with E-state index in [2.05, 4.69) is 6.92 Å². The number of benzene rings is 1. The van der Waals surface area contributed by atoms with E-state index in [9.17, 15) is 0 Å². The van der Waals surface area contributed by atoms with Gasteiger partial charge in [0.05, 0.1) is 1.37 Å². The average Bonchev–Trinajstić information content (AvgIpc) is 2.29. The SMILES string of the molecule is [2H]CC/C(CCC)=C(\[2H])c1ccccc1. The lowest BCUT2D eigenvalue weighted by atomic mass is 10.0. The summed E-state index contributed by atoms with van der Waals surface area (Å²) in [6.07, 6.45) is 2.71. The largest absolute Gasteiger partial charge is 0.0699 e. The lowest BCUT2D eigenvalue weighted by Gasteiger charge is -2.01. The first-order chi connectivity index (χ1) is 7.29. The first kappa shape index (κ1) is 7.37. The van der Waals surface area contributed by atoms with Gasteiger partial charge in [-0.1, -0.05) is 62.2 Å². The predicted molar refractivity (Wildman–Crippen MR) is 59.6 cm³/mol. The van der Waals surface area contributed by atoms with E-state index in [0.717, 1.165) is 30.4 Å². The van der Waals surface area contributed by atoms with Crippen LogP contribution in [0.25, 0.3) is 6.05 Å². The second kappa shape index (κ2) is 5.58. The van der Waals surface area contributed by atoms with Crippen molar-refractivity contribution < 1.29 is 2.74 Å². The summed E-state index contributed by atoms with van der Waals surface area (Å²) in [6, 6.07) is 10.4. The van der Waals surface area contributed by atoms with Gasteiger partial charge in [0.15, 0.2) is 0 Å². The number of hydrogen-bond acceptors (Lipinski definition) is 0. The second-order valence-corrected chi connectivity index (χ2v) is 3.09. The van der Waals surface area contributed by atoms with Gasteiger partial charge in [-0.05, 0) is 18.4 Å². The molecule has 1 aromatic rings. The highest BCUT2D eigenvalue weighted by molar-refractivity contribution is 5.52. The highest BCUT2D eigenvalue weighted by Gasteiger charge is 1.92. The second-order valence-electron chi connectivity index (χ2n) is 3.09. The summed E-state index contributed by atoms with van der Waals surface area (Å²) in [4.78, 5) is 0. The molecule has 0 fully saturated rings. The molecule has 1 rings (SSSR count). The molecular formula is C13H18. The van der Waals surface area contributed by atoms with E-state index >= 15 is 0 Å². The summed E-state index contributed by atoms with van der Waals surface area (Å²) < 4.78 is 15.3. The monoisotopic (exact) mass is 176 g/mol. The van der Waals surface area contributed by atoms with E-state index in [-0.39, 0.29) is 0 Å². The van der Waals surface area contributed by atoms with E-state index in [0.29, 0.717) is 13.0 Å². The molecule has 0 N–H and O–H groups in total. The maximum Gasteiger partial charge on any atom is 0.0629 e. The van der Waals surface area contributed by atoms with Crippen LogP contribution in [0.1, 0.15) is 41.4 Å². The molecule has 0 saturated heterocycles. The van der Waals surface area contributed by atoms with Crippen molar-refractivity contribution in [1.29, 1.82) is 0 Å². The van der Waals surface area contributed by atoms with Crippen LogP contribution in [0.5, 0.6) is 0 Å². The van der Waals surface area contributed by atoms with Gasteiger partial charge >= 0.3 is 0 Å². The fourth-order valence-corrected chi connectivity index (χ4v) is 1.28. The van der Waals surface area contributed by atoms with Gasteiger partial charge in [-0.25, -0.2) is 0 Å². The van der Waals surface area contributed by atoms with Crippen LogP contribution in [0.3, 0.4) is 0 Å². The lowest BCUT2D eigenvalue weighted by molar-refractivity contribution is 0.866. The molecule has 0 atom stereocenters. The van der Waals surface area contributed by atoms with Crippen molar-refractivity contribution in [2.45, 2.75) is 33.1 Å². The average molecular weight is 176 g/mol. The van der Waals surface area contributed by atoms with Crippen molar-refractivity contribution in [3.8, 4) is 0 Å². The first-order valence-corrected chi connectivity index (χ1v) is 4.82. The van der Waals surface area contributed by atoms with Crippen LogP contribution in [0.2, 0.25) is 0 Å². The minimum Gasteiger partial charge on any atom is -0.0699 e. The summed E-state index contributed by atoms with van der Waals surface area (Å²) in [5, 5.41) is 0. The minimum absolute atomic E-state index is 0.380. The van der Waals surface area contributed by atoms with Gasteiger partial charge < -0.3 is 0 Å². The Kier molecular flexibility index (Phi) is 3.16. The highest BCUT2D eigenvalue weighted by atomic mass is 14.0. The topological polar surface area (TPSA) is 0 Å². The van der Waals surface area contributed by atoms with Crippen LogP contribution in [0.4, 0.5) is 0 Å². The third-order valence-electron chi connectivity index (χ3n) is 1.95. The molecule has 0 aliphatic rings. The predicted octanol–water partition coefficient (Wildman–Crippen LogP) is 4.28. The van der Waals surface area contributed by atoms with E-state index in [1.54, 1.807) is 0 Å². The van der Waals surface area contributed by atoms with Crippen LogP contribution in [0, 0.1) is 0 Å². The molecule has 0 aliphatic carbocycles. The molecule has 0 unspecified atom stereocenters. The standard InChI is InChI=1S/C13H18/c1-3-8-12(4-2)11-13-9-6-5-7-10-13/h5-7,9-11H,3-4,8H2,1-2H3/b12-11-/i2D,11D. The van der Waals surface area contributed by atoms with Crippen LogP contribution in [-0.4, -0.2) is 0 Å². The summed E-state index contributed by atoms with van der Waals surface area (Å²) >= 11 is 0. The maximum absolute atomic E-state index is 8.07. The molecule has 0 heterocycles. The van der Waals surface area contributed by atoms with Gasteiger partial charge in [-0.2, -0.15) is 0 Å². The van der Waals surface area contributed by atoms with Crippen LogP contribution in [-0.2, 0) is 0 Å². The molecule has 0 aromatic heterocycles. The molecule has 0 bridgehead atoms. The van der Waals surface area contributed by atoms with Crippen molar-refractivity contribution in [2.24, 2.45) is 0 Å². The Bertz CT molecular complexity index is 307. The van der Waals surface area contributed by atoms with Crippen molar-refractivity contribution in [3.63, 3.8) is 0 Å². The number of hydrogen-bond donors (Lipinski definition) is 0. The van der Waals surface area contributed by atoms with Crippen molar-refractivity contribution in [1.82, 2.24) is 0 Å². The summed E-state index contributed by atoms with van der Waals surface area (Å²) in [6.45, 7) is 2.49. The van der Waals surface area contributed by atoms with E-state index in [1.807, 2.05) is 30.3 Å². The molecule has 13 heavy (non-hydrogen) atoms. The zero-order valence-corrected chi connectivity index (χ0v) is 8.22. The quantitative estimate of drug-likeness (QED) is 0.642. The maximum atomic E-state index is 8.07. The van der Waals surface area contributed by atoms with E-state index in [1.165, 1.54) is 0 Å². The van der Waals surface area contributed by atoms with Gasteiger partial charge in [0, 0.05) is 1.37 Å². The minimum atomic E-state index is 0.380. The van der Waals surface area contributed by atoms with Crippen LogP contribution in [0.15, 0.2) is 35.9 Å². The Balaban J connectivity index is 2.93. The molecule has 0 nitrogen and oxygen atoms in total. The van der Waals surface area contributed by atoms with Gasteiger partial charge in [0.25, 0.3) is 0 Å². The number of allylic oxidation sites excluding steroid dienone is 1. The van der Waals surface area contributed by atoms with Gasteiger partial charge in [-0.3, -0.25) is 0 Å². The van der Waals surface area contributed by atoms with Crippen molar-refractivity contribution in [3.05, 3.63) is 41.5 Å². The fraction of sp³-hybridized carbons (Fsp3) is 0.385. The Morgan fingerprint density at radius 1 is 1.46 bits per heavy atom. The summed E-state index contributed by atoms with van der Waals surface area (Å²) in [7, 11) is 0. The molecule has 70 valence electrons. The van der Waals surface area contributed by atoms with Crippen molar-refractivity contribution >= 4 is 6.05 Å². The molecule has 1 aromatic carbocycles. The van der Waals surface area contributed by atoms with Crippen molar-refractivity contribution in [2.75, 3.05) is 0 Å². The number of rotatable bonds is 4.